The van der Waals surface area contributed by atoms with Crippen molar-refractivity contribution in [2.75, 3.05) is 19.6 Å². The molecule has 0 spiro atoms. The van der Waals surface area contributed by atoms with E-state index in [1.54, 1.807) is 0 Å². The third-order valence-corrected chi connectivity index (χ3v) is 4.90. The second-order valence-corrected chi connectivity index (χ2v) is 6.45. The minimum atomic E-state index is -0.598. The lowest BCUT2D eigenvalue weighted by atomic mass is 9.95. The Kier molecular flexibility index (Phi) is 5.22. The third-order valence-electron chi connectivity index (χ3n) is 4.90. The lowest BCUT2D eigenvalue weighted by Crippen LogP contribution is -2.46. The van der Waals surface area contributed by atoms with Crippen LogP contribution in [0, 0.1) is 11.8 Å². The molecule has 19 heavy (non-hydrogen) atoms. The largest absolute Gasteiger partial charge is 0.481 e. The van der Waals surface area contributed by atoms with Crippen molar-refractivity contribution in [3.63, 3.8) is 0 Å². The molecule has 1 aliphatic heterocycles. The molecule has 0 amide bonds. The summed E-state index contributed by atoms with van der Waals surface area (Å²) in [6, 6.07) is 1.23. The van der Waals surface area contributed by atoms with Crippen LogP contribution in [-0.4, -0.2) is 47.7 Å². The maximum atomic E-state index is 11.1. The molecule has 1 aliphatic carbocycles. The van der Waals surface area contributed by atoms with E-state index in [9.17, 15) is 9.90 Å². The molecule has 2 fully saturated rings. The molecule has 1 saturated heterocycles. The fourth-order valence-electron chi connectivity index (χ4n) is 3.54. The first kappa shape index (κ1) is 14.8. The Hall–Kier alpha value is -0.610. The summed E-state index contributed by atoms with van der Waals surface area (Å²) in [6.45, 7) is 7.74. The Labute approximate surface area is 116 Å². The second-order valence-electron chi connectivity index (χ2n) is 6.45. The van der Waals surface area contributed by atoms with Crippen molar-refractivity contribution in [3.8, 4) is 0 Å². The molecule has 2 aliphatic rings. The molecule has 4 heteroatoms. The second kappa shape index (κ2) is 6.71. The first-order chi connectivity index (χ1) is 9.08. The predicted molar refractivity (Wildman–Crippen MR) is 76.2 cm³/mol. The number of nitrogens with one attached hydrogen (secondary N) is 1. The van der Waals surface area contributed by atoms with E-state index in [4.69, 9.17) is 0 Å². The number of likely N-dealkylation sites (tertiary alicyclic amines) is 1. The van der Waals surface area contributed by atoms with Crippen molar-refractivity contribution >= 4 is 5.97 Å². The Morgan fingerprint density at radius 2 is 1.95 bits per heavy atom. The van der Waals surface area contributed by atoms with E-state index in [-0.39, 0.29) is 5.92 Å². The highest BCUT2D eigenvalue weighted by atomic mass is 16.4. The van der Waals surface area contributed by atoms with Crippen molar-refractivity contribution in [2.24, 2.45) is 11.8 Å². The van der Waals surface area contributed by atoms with Crippen LogP contribution in [0.3, 0.4) is 0 Å². The van der Waals surface area contributed by atoms with Crippen molar-refractivity contribution in [1.82, 2.24) is 10.2 Å². The van der Waals surface area contributed by atoms with Crippen LogP contribution in [-0.2, 0) is 4.79 Å². The molecule has 0 radical (unpaired) electrons. The summed E-state index contributed by atoms with van der Waals surface area (Å²) in [6.07, 6.45) is 5.42. The highest BCUT2D eigenvalue weighted by molar-refractivity contribution is 5.70. The van der Waals surface area contributed by atoms with Crippen LogP contribution < -0.4 is 5.32 Å². The summed E-state index contributed by atoms with van der Waals surface area (Å²) in [5.74, 6) is -0.359. The predicted octanol–water partition coefficient (Wildman–Crippen LogP) is 1.95. The molecular weight excluding hydrogens is 240 g/mol. The van der Waals surface area contributed by atoms with Gasteiger partial charge >= 0.3 is 5.97 Å². The number of carbonyl (C=O) groups is 1. The van der Waals surface area contributed by atoms with Crippen LogP contribution in [0.1, 0.15) is 46.0 Å². The molecule has 0 bridgehead atoms. The van der Waals surface area contributed by atoms with Gasteiger partial charge in [-0.15, -0.1) is 0 Å². The van der Waals surface area contributed by atoms with Gasteiger partial charge in [-0.05, 0) is 65.1 Å². The normalized spacial score (nSPS) is 30.1. The molecule has 110 valence electrons. The Morgan fingerprint density at radius 3 is 2.53 bits per heavy atom. The number of hydrogen-bond donors (Lipinski definition) is 2. The summed E-state index contributed by atoms with van der Waals surface area (Å²) >= 11 is 0. The average Bonchev–Trinajstić information content (AvgIpc) is 2.85. The molecule has 0 aromatic carbocycles. The quantitative estimate of drug-likeness (QED) is 0.800. The highest BCUT2D eigenvalue weighted by Gasteiger charge is 2.33. The third kappa shape index (κ3) is 3.93. The highest BCUT2D eigenvalue weighted by Crippen LogP contribution is 2.31. The van der Waals surface area contributed by atoms with Gasteiger partial charge in [0.25, 0.3) is 0 Å². The van der Waals surface area contributed by atoms with Crippen molar-refractivity contribution in [3.05, 3.63) is 0 Å². The molecule has 2 unspecified atom stereocenters. The van der Waals surface area contributed by atoms with Gasteiger partial charge in [-0.3, -0.25) is 4.79 Å². The van der Waals surface area contributed by atoms with Crippen LogP contribution in [0.15, 0.2) is 0 Å². The van der Waals surface area contributed by atoms with Crippen molar-refractivity contribution in [1.29, 1.82) is 0 Å². The number of nitrogens with zero attached hydrogens (tertiary/aromatic N) is 1. The maximum Gasteiger partial charge on any atom is 0.306 e. The summed E-state index contributed by atoms with van der Waals surface area (Å²) in [5.41, 5.74) is 0. The summed E-state index contributed by atoms with van der Waals surface area (Å²) in [7, 11) is 0. The van der Waals surface area contributed by atoms with Crippen LogP contribution in [0.25, 0.3) is 0 Å². The van der Waals surface area contributed by atoms with Gasteiger partial charge in [0.15, 0.2) is 0 Å². The first-order valence-corrected chi connectivity index (χ1v) is 7.78. The molecule has 2 atom stereocenters. The van der Waals surface area contributed by atoms with Gasteiger partial charge in [0.1, 0.15) is 0 Å². The number of hydrogen-bond acceptors (Lipinski definition) is 3. The molecule has 4 nitrogen and oxygen atoms in total. The Balaban J connectivity index is 1.70. The van der Waals surface area contributed by atoms with E-state index in [2.05, 4.69) is 24.1 Å². The van der Waals surface area contributed by atoms with E-state index >= 15 is 0 Å². The molecule has 2 N–H and O–H groups in total. The topological polar surface area (TPSA) is 52.6 Å². The number of rotatable bonds is 5. The summed E-state index contributed by atoms with van der Waals surface area (Å²) in [5, 5.41) is 12.8. The zero-order valence-corrected chi connectivity index (χ0v) is 12.3. The van der Waals surface area contributed by atoms with E-state index < -0.39 is 5.97 Å². The van der Waals surface area contributed by atoms with E-state index in [1.165, 1.54) is 25.9 Å². The first-order valence-electron chi connectivity index (χ1n) is 7.78. The molecule has 1 saturated carbocycles. The van der Waals surface area contributed by atoms with Crippen molar-refractivity contribution in [2.45, 2.75) is 58.0 Å². The standard InChI is InChI=1S/C15H28N2O2/c1-11(2)17-8-6-13(7-9-17)16-10-12-4-3-5-14(12)15(18)19/h11-14,16H,3-10H2,1-2H3,(H,18,19). The minimum absolute atomic E-state index is 0.108. The maximum absolute atomic E-state index is 11.1. The van der Waals surface area contributed by atoms with Gasteiger partial charge in [-0.2, -0.15) is 0 Å². The monoisotopic (exact) mass is 268 g/mol. The lowest BCUT2D eigenvalue weighted by Gasteiger charge is -2.35. The van der Waals surface area contributed by atoms with E-state index in [0.717, 1.165) is 25.8 Å². The van der Waals surface area contributed by atoms with Gasteiger partial charge in [0.2, 0.25) is 0 Å². The van der Waals surface area contributed by atoms with Crippen LogP contribution in [0.5, 0.6) is 0 Å². The molecule has 0 aromatic heterocycles. The van der Waals surface area contributed by atoms with Crippen molar-refractivity contribution < 1.29 is 9.90 Å². The fourth-order valence-corrected chi connectivity index (χ4v) is 3.54. The Morgan fingerprint density at radius 1 is 1.26 bits per heavy atom. The van der Waals surface area contributed by atoms with Gasteiger partial charge in [0.05, 0.1) is 5.92 Å². The lowest BCUT2D eigenvalue weighted by molar-refractivity contribution is -0.142. The van der Waals surface area contributed by atoms with Crippen LogP contribution in [0.4, 0.5) is 0 Å². The average molecular weight is 268 g/mol. The smallest absolute Gasteiger partial charge is 0.306 e. The van der Waals surface area contributed by atoms with Gasteiger partial charge in [-0.25, -0.2) is 0 Å². The Bertz CT molecular complexity index is 299. The van der Waals surface area contributed by atoms with E-state index in [1.807, 2.05) is 0 Å². The summed E-state index contributed by atoms with van der Waals surface area (Å²) < 4.78 is 0. The van der Waals surface area contributed by atoms with Crippen LogP contribution in [0.2, 0.25) is 0 Å². The van der Waals surface area contributed by atoms with Gasteiger partial charge in [-0.1, -0.05) is 6.42 Å². The summed E-state index contributed by atoms with van der Waals surface area (Å²) in [4.78, 5) is 13.7. The minimum Gasteiger partial charge on any atom is -0.481 e. The molecule has 0 aromatic rings. The number of carboxylic acid groups (broad SMARTS) is 1. The number of aliphatic carboxylic acids is 1. The zero-order chi connectivity index (χ0) is 13.8. The van der Waals surface area contributed by atoms with E-state index in [0.29, 0.717) is 18.0 Å². The molecule has 1 heterocycles. The molecular formula is C15H28N2O2. The van der Waals surface area contributed by atoms with Gasteiger partial charge < -0.3 is 15.3 Å². The number of piperidine rings is 1. The zero-order valence-electron chi connectivity index (χ0n) is 12.3. The number of carboxylic acids is 1. The fraction of sp³-hybridized carbons (Fsp3) is 0.933. The van der Waals surface area contributed by atoms with Gasteiger partial charge in [0, 0.05) is 12.1 Å². The SMILES string of the molecule is CC(C)N1CCC(NCC2CCCC2C(=O)O)CC1. The molecule has 2 rings (SSSR count). The van der Waals surface area contributed by atoms with Crippen LogP contribution >= 0.6 is 0 Å².